The SMILES string of the molecule is CCOc1ccc(C(C)O)cc1Cn1ccn(C)c1=O. The van der Waals surface area contributed by atoms with Crippen molar-refractivity contribution in [1.29, 1.82) is 0 Å². The summed E-state index contributed by atoms with van der Waals surface area (Å²) in [5.41, 5.74) is 1.63. The third-order valence-corrected chi connectivity index (χ3v) is 3.23. The van der Waals surface area contributed by atoms with E-state index in [1.807, 2.05) is 25.1 Å². The summed E-state index contributed by atoms with van der Waals surface area (Å²) in [6, 6.07) is 5.57. The second kappa shape index (κ2) is 5.96. The summed E-state index contributed by atoms with van der Waals surface area (Å²) in [4.78, 5) is 11.9. The predicted octanol–water partition coefficient (Wildman–Crippen LogP) is 1.69. The van der Waals surface area contributed by atoms with Gasteiger partial charge in [0, 0.05) is 25.0 Å². The minimum absolute atomic E-state index is 0.0742. The molecular weight excluding hydrogens is 256 g/mol. The Bertz CT molecular complexity index is 641. The number of imidazole rings is 1. The number of nitrogens with zero attached hydrogens (tertiary/aromatic N) is 2. The summed E-state index contributed by atoms with van der Waals surface area (Å²) in [5, 5.41) is 9.68. The summed E-state index contributed by atoms with van der Waals surface area (Å²) in [6.45, 7) is 4.62. The highest BCUT2D eigenvalue weighted by atomic mass is 16.5. The molecular formula is C15H20N2O3. The Hall–Kier alpha value is -2.01. The summed E-state index contributed by atoms with van der Waals surface area (Å²) >= 11 is 0. The van der Waals surface area contributed by atoms with Crippen molar-refractivity contribution in [1.82, 2.24) is 9.13 Å². The average molecular weight is 276 g/mol. The van der Waals surface area contributed by atoms with Crippen LogP contribution in [0.4, 0.5) is 0 Å². The molecule has 2 aromatic rings. The van der Waals surface area contributed by atoms with Crippen LogP contribution in [0.2, 0.25) is 0 Å². The van der Waals surface area contributed by atoms with Crippen molar-refractivity contribution in [3.63, 3.8) is 0 Å². The minimum Gasteiger partial charge on any atom is -0.494 e. The summed E-state index contributed by atoms with van der Waals surface area (Å²) in [7, 11) is 1.72. The fraction of sp³-hybridized carbons (Fsp3) is 0.400. The molecule has 1 unspecified atom stereocenters. The van der Waals surface area contributed by atoms with Gasteiger partial charge in [-0.1, -0.05) is 6.07 Å². The standard InChI is InChI=1S/C15H20N2O3/c1-4-20-14-6-5-12(11(2)18)9-13(14)10-17-8-7-16(3)15(17)19/h5-9,11,18H,4,10H2,1-3H3. The first-order valence-electron chi connectivity index (χ1n) is 6.68. The van der Waals surface area contributed by atoms with Crippen LogP contribution in [0, 0.1) is 0 Å². The van der Waals surface area contributed by atoms with Gasteiger partial charge in [0.2, 0.25) is 0 Å². The van der Waals surface area contributed by atoms with Crippen molar-refractivity contribution in [2.24, 2.45) is 7.05 Å². The molecule has 1 aromatic carbocycles. The molecule has 0 aliphatic carbocycles. The summed E-state index contributed by atoms with van der Waals surface area (Å²) in [5.74, 6) is 0.743. The first-order valence-corrected chi connectivity index (χ1v) is 6.68. The molecule has 0 bridgehead atoms. The van der Waals surface area contributed by atoms with E-state index < -0.39 is 6.10 Å². The zero-order chi connectivity index (χ0) is 14.7. The molecule has 0 spiro atoms. The maximum atomic E-state index is 11.9. The molecule has 0 fully saturated rings. The number of hydrogen-bond donors (Lipinski definition) is 1. The van der Waals surface area contributed by atoms with Crippen molar-refractivity contribution >= 4 is 0 Å². The number of hydrogen-bond acceptors (Lipinski definition) is 3. The van der Waals surface area contributed by atoms with Gasteiger partial charge >= 0.3 is 5.69 Å². The number of aromatic nitrogens is 2. The lowest BCUT2D eigenvalue weighted by Crippen LogP contribution is -2.22. The Balaban J connectivity index is 2.39. The number of aliphatic hydroxyl groups excluding tert-OH is 1. The van der Waals surface area contributed by atoms with Crippen LogP contribution >= 0.6 is 0 Å². The number of aryl methyl sites for hydroxylation is 1. The Morgan fingerprint density at radius 3 is 2.65 bits per heavy atom. The van der Waals surface area contributed by atoms with Crippen molar-refractivity contribution < 1.29 is 9.84 Å². The zero-order valence-electron chi connectivity index (χ0n) is 12.0. The van der Waals surface area contributed by atoms with Gasteiger partial charge in [-0.15, -0.1) is 0 Å². The molecule has 0 saturated heterocycles. The van der Waals surface area contributed by atoms with Gasteiger partial charge in [0.05, 0.1) is 19.3 Å². The molecule has 20 heavy (non-hydrogen) atoms. The molecule has 108 valence electrons. The van der Waals surface area contributed by atoms with Crippen molar-refractivity contribution in [3.8, 4) is 5.75 Å². The molecule has 0 saturated carbocycles. The van der Waals surface area contributed by atoms with Crippen molar-refractivity contribution in [3.05, 3.63) is 52.2 Å². The molecule has 1 aromatic heterocycles. The van der Waals surface area contributed by atoms with Crippen LogP contribution in [0.3, 0.4) is 0 Å². The molecule has 1 atom stereocenters. The van der Waals surface area contributed by atoms with Crippen LogP contribution in [0.25, 0.3) is 0 Å². The van der Waals surface area contributed by atoms with Gasteiger partial charge in [0.25, 0.3) is 0 Å². The molecule has 5 nitrogen and oxygen atoms in total. The van der Waals surface area contributed by atoms with Crippen molar-refractivity contribution in [2.75, 3.05) is 6.61 Å². The number of ether oxygens (including phenoxy) is 1. The maximum Gasteiger partial charge on any atom is 0.328 e. The highest BCUT2D eigenvalue weighted by Gasteiger charge is 2.10. The largest absolute Gasteiger partial charge is 0.494 e. The van der Waals surface area contributed by atoms with Crippen molar-refractivity contribution in [2.45, 2.75) is 26.5 Å². The second-order valence-corrected chi connectivity index (χ2v) is 4.80. The van der Waals surface area contributed by atoms with E-state index in [1.165, 1.54) is 4.57 Å². The lowest BCUT2D eigenvalue weighted by atomic mass is 10.1. The Labute approximate surface area is 118 Å². The van der Waals surface area contributed by atoms with Gasteiger partial charge in [-0.2, -0.15) is 0 Å². The van der Waals surface area contributed by atoms with Gasteiger partial charge < -0.3 is 14.4 Å². The fourth-order valence-electron chi connectivity index (χ4n) is 2.09. The van der Waals surface area contributed by atoms with Crippen LogP contribution in [0.5, 0.6) is 5.75 Å². The first-order chi connectivity index (χ1) is 9.52. The molecule has 1 heterocycles. The van der Waals surface area contributed by atoms with E-state index in [2.05, 4.69) is 0 Å². The number of rotatable bonds is 5. The predicted molar refractivity (Wildman–Crippen MR) is 77.0 cm³/mol. The lowest BCUT2D eigenvalue weighted by Gasteiger charge is -2.13. The van der Waals surface area contributed by atoms with Crippen LogP contribution < -0.4 is 10.4 Å². The topological polar surface area (TPSA) is 56.4 Å². The highest BCUT2D eigenvalue weighted by Crippen LogP contribution is 2.24. The molecule has 1 N–H and O–H groups in total. The van der Waals surface area contributed by atoms with Gasteiger partial charge in [-0.3, -0.25) is 4.57 Å². The van der Waals surface area contributed by atoms with Crippen LogP contribution in [0.1, 0.15) is 31.1 Å². The fourth-order valence-corrected chi connectivity index (χ4v) is 2.09. The molecule has 0 amide bonds. The van der Waals surface area contributed by atoms with Gasteiger partial charge in [-0.05, 0) is 31.5 Å². The van der Waals surface area contributed by atoms with E-state index in [9.17, 15) is 9.90 Å². The van der Waals surface area contributed by atoms with E-state index in [0.717, 1.165) is 16.9 Å². The number of aliphatic hydroxyl groups is 1. The maximum absolute atomic E-state index is 11.9. The lowest BCUT2D eigenvalue weighted by molar-refractivity contribution is 0.199. The van der Waals surface area contributed by atoms with E-state index in [4.69, 9.17) is 4.74 Å². The zero-order valence-corrected chi connectivity index (χ0v) is 12.0. The molecule has 0 aliphatic heterocycles. The summed E-state index contributed by atoms with van der Waals surface area (Å²) in [6.07, 6.45) is 2.92. The van der Waals surface area contributed by atoms with Crippen LogP contribution in [-0.4, -0.2) is 20.8 Å². The first kappa shape index (κ1) is 14.4. The molecule has 0 radical (unpaired) electrons. The van der Waals surface area contributed by atoms with Crippen LogP contribution in [0.15, 0.2) is 35.4 Å². The van der Waals surface area contributed by atoms with Gasteiger partial charge in [0.15, 0.2) is 0 Å². The van der Waals surface area contributed by atoms with Crippen LogP contribution in [-0.2, 0) is 13.6 Å². The van der Waals surface area contributed by atoms with E-state index >= 15 is 0 Å². The average Bonchev–Trinajstić information content (AvgIpc) is 2.73. The summed E-state index contributed by atoms with van der Waals surface area (Å²) < 4.78 is 8.73. The monoisotopic (exact) mass is 276 g/mol. The third-order valence-electron chi connectivity index (χ3n) is 3.23. The molecule has 0 aliphatic rings. The van der Waals surface area contributed by atoms with Gasteiger partial charge in [0.1, 0.15) is 5.75 Å². The molecule has 5 heteroatoms. The normalized spacial score (nSPS) is 12.4. The Kier molecular flexibility index (Phi) is 4.29. The van der Waals surface area contributed by atoms with E-state index in [-0.39, 0.29) is 5.69 Å². The number of benzene rings is 1. The minimum atomic E-state index is -0.545. The van der Waals surface area contributed by atoms with E-state index in [1.54, 1.807) is 30.9 Å². The van der Waals surface area contributed by atoms with E-state index in [0.29, 0.717) is 13.2 Å². The smallest absolute Gasteiger partial charge is 0.328 e. The van der Waals surface area contributed by atoms with Gasteiger partial charge in [-0.25, -0.2) is 4.79 Å². The Morgan fingerprint density at radius 2 is 2.10 bits per heavy atom. The highest BCUT2D eigenvalue weighted by molar-refractivity contribution is 5.38. The Morgan fingerprint density at radius 1 is 1.35 bits per heavy atom. The molecule has 2 rings (SSSR count). The quantitative estimate of drug-likeness (QED) is 0.904. The second-order valence-electron chi connectivity index (χ2n) is 4.80. The third kappa shape index (κ3) is 2.93.